The first-order valence-corrected chi connectivity index (χ1v) is 9.40. The summed E-state index contributed by atoms with van der Waals surface area (Å²) >= 11 is 0. The molecule has 1 heterocycles. The van der Waals surface area contributed by atoms with Gasteiger partial charge in [-0.3, -0.25) is 0 Å². The second kappa shape index (κ2) is 6.82. The average Bonchev–Trinajstić information content (AvgIpc) is 3.03. The molecule has 1 aliphatic rings. The highest BCUT2D eigenvalue weighted by molar-refractivity contribution is 7.89. The van der Waals surface area contributed by atoms with Crippen molar-refractivity contribution in [3.63, 3.8) is 0 Å². The molecule has 1 aliphatic heterocycles. The summed E-state index contributed by atoms with van der Waals surface area (Å²) in [6.07, 6.45) is 0.959. The van der Waals surface area contributed by atoms with Gasteiger partial charge < -0.3 is 5.11 Å². The van der Waals surface area contributed by atoms with Gasteiger partial charge in [-0.05, 0) is 54.8 Å². The topological polar surface area (TPSA) is 57.6 Å². The lowest BCUT2D eigenvalue weighted by Crippen LogP contribution is -2.35. The number of rotatable bonds is 5. The number of halogens is 2. The number of nitrogens with zero attached hydrogens (tertiary/aromatic N) is 1. The van der Waals surface area contributed by atoms with Gasteiger partial charge in [-0.1, -0.05) is 12.1 Å². The van der Waals surface area contributed by atoms with E-state index in [0.29, 0.717) is 12.8 Å². The van der Waals surface area contributed by atoms with Crippen LogP contribution in [0.4, 0.5) is 8.78 Å². The van der Waals surface area contributed by atoms with E-state index in [-0.39, 0.29) is 30.4 Å². The number of hydrogen-bond donors (Lipinski definition) is 1. The van der Waals surface area contributed by atoms with Crippen LogP contribution in [0.5, 0.6) is 0 Å². The van der Waals surface area contributed by atoms with Gasteiger partial charge in [0.1, 0.15) is 11.6 Å². The highest BCUT2D eigenvalue weighted by Gasteiger charge is 2.42. The maximum Gasteiger partial charge on any atom is 0.243 e. The molecule has 0 saturated carbocycles. The summed E-state index contributed by atoms with van der Waals surface area (Å²) in [4.78, 5) is 0.0319. The number of hydrogen-bond acceptors (Lipinski definition) is 3. The Morgan fingerprint density at radius 3 is 2.12 bits per heavy atom. The molecule has 3 rings (SSSR count). The highest BCUT2D eigenvalue weighted by atomic mass is 32.2. The van der Waals surface area contributed by atoms with Crippen LogP contribution in [0.3, 0.4) is 0 Å². The third-order valence-corrected chi connectivity index (χ3v) is 6.54. The van der Waals surface area contributed by atoms with Crippen molar-refractivity contribution in [2.24, 2.45) is 5.41 Å². The Morgan fingerprint density at radius 1 is 1.00 bits per heavy atom. The van der Waals surface area contributed by atoms with Crippen LogP contribution in [0.25, 0.3) is 0 Å². The molecule has 0 bridgehead atoms. The predicted octanol–water partition coefficient (Wildman–Crippen LogP) is 2.58. The summed E-state index contributed by atoms with van der Waals surface area (Å²) in [7, 11) is -3.74. The SMILES string of the molecule is O=S(=O)(c1ccc(F)cc1)N1CCC(CO)(Cc2ccc(F)cc2)C1. The Labute approximate surface area is 145 Å². The van der Waals surface area contributed by atoms with Crippen LogP contribution < -0.4 is 0 Å². The quantitative estimate of drug-likeness (QED) is 0.884. The molecule has 1 saturated heterocycles. The van der Waals surface area contributed by atoms with E-state index in [1.54, 1.807) is 12.1 Å². The van der Waals surface area contributed by atoms with Gasteiger partial charge in [-0.2, -0.15) is 4.31 Å². The van der Waals surface area contributed by atoms with Gasteiger partial charge in [-0.25, -0.2) is 17.2 Å². The van der Waals surface area contributed by atoms with Crippen molar-refractivity contribution < 1.29 is 22.3 Å². The summed E-state index contributed by atoms with van der Waals surface area (Å²) in [5.41, 5.74) is 0.238. The van der Waals surface area contributed by atoms with Crippen LogP contribution in [-0.2, 0) is 16.4 Å². The molecule has 1 N–H and O–H groups in total. The molecule has 0 aromatic heterocycles. The van der Waals surface area contributed by atoms with Gasteiger partial charge in [0, 0.05) is 18.5 Å². The van der Waals surface area contributed by atoms with E-state index in [1.165, 1.54) is 28.6 Å². The van der Waals surface area contributed by atoms with Gasteiger partial charge in [0.2, 0.25) is 10.0 Å². The fraction of sp³-hybridized carbons (Fsp3) is 0.333. The van der Waals surface area contributed by atoms with Crippen molar-refractivity contribution in [3.05, 3.63) is 65.7 Å². The minimum atomic E-state index is -3.74. The van der Waals surface area contributed by atoms with Crippen molar-refractivity contribution >= 4 is 10.0 Å². The van der Waals surface area contributed by atoms with Gasteiger partial charge in [0.25, 0.3) is 0 Å². The number of aliphatic hydroxyl groups is 1. The number of aliphatic hydroxyl groups excluding tert-OH is 1. The zero-order chi connectivity index (χ0) is 18.1. The molecular weight excluding hydrogens is 348 g/mol. The third-order valence-electron chi connectivity index (χ3n) is 4.68. The highest BCUT2D eigenvalue weighted by Crippen LogP contribution is 2.36. The van der Waals surface area contributed by atoms with Crippen LogP contribution >= 0.6 is 0 Å². The first-order chi connectivity index (χ1) is 11.8. The van der Waals surface area contributed by atoms with Gasteiger partial charge in [0.05, 0.1) is 11.5 Å². The van der Waals surface area contributed by atoms with Gasteiger partial charge >= 0.3 is 0 Å². The lowest BCUT2D eigenvalue weighted by atomic mass is 9.82. The molecule has 0 aliphatic carbocycles. The van der Waals surface area contributed by atoms with Crippen molar-refractivity contribution in [2.75, 3.05) is 19.7 Å². The summed E-state index contributed by atoms with van der Waals surface area (Å²) in [6.45, 7) is 0.280. The smallest absolute Gasteiger partial charge is 0.243 e. The molecule has 2 aromatic rings. The van der Waals surface area contributed by atoms with E-state index in [4.69, 9.17) is 0 Å². The lowest BCUT2D eigenvalue weighted by molar-refractivity contribution is 0.137. The van der Waals surface area contributed by atoms with Crippen LogP contribution in [0.15, 0.2) is 53.4 Å². The molecular formula is C18H19F2NO3S. The monoisotopic (exact) mass is 367 g/mol. The van der Waals surface area contributed by atoms with E-state index < -0.39 is 21.3 Å². The lowest BCUT2D eigenvalue weighted by Gasteiger charge is -2.27. The minimum Gasteiger partial charge on any atom is -0.396 e. The summed E-state index contributed by atoms with van der Waals surface area (Å²) in [5, 5.41) is 9.88. The molecule has 0 amide bonds. The molecule has 7 heteroatoms. The summed E-state index contributed by atoms with van der Waals surface area (Å²) < 4.78 is 52.8. The molecule has 134 valence electrons. The second-order valence-electron chi connectivity index (χ2n) is 6.50. The van der Waals surface area contributed by atoms with Crippen LogP contribution in [0.2, 0.25) is 0 Å². The Balaban J connectivity index is 1.80. The molecule has 0 radical (unpaired) electrons. The second-order valence-corrected chi connectivity index (χ2v) is 8.44. The average molecular weight is 367 g/mol. The Bertz CT molecular complexity index is 838. The Morgan fingerprint density at radius 2 is 1.56 bits per heavy atom. The number of sulfonamides is 1. The summed E-state index contributed by atoms with van der Waals surface area (Å²) in [5.74, 6) is -0.838. The van der Waals surface area contributed by atoms with E-state index in [9.17, 15) is 22.3 Å². The first kappa shape index (κ1) is 18.0. The van der Waals surface area contributed by atoms with E-state index >= 15 is 0 Å². The van der Waals surface area contributed by atoms with Crippen molar-refractivity contribution in [2.45, 2.75) is 17.7 Å². The first-order valence-electron chi connectivity index (χ1n) is 7.96. The normalized spacial score (nSPS) is 21.6. The van der Waals surface area contributed by atoms with Crippen LogP contribution in [0, 0.1) is 17.0 Å². The molecule has 0 spiro atoms. The van der Waals surface area contributed by atoms with Crippen molar-refractivity contribution in [1.82, 2.24) is 4.31 Å². The molecule has 25 heavy (non-hydrogen) atoms. The number of benzene rings is 2. The summed E-state index contributed by atoms with van der Waals surface area (Å²) in [6, 6.07) is 10.7. The van der Waals surface area contributed by atoms with E-state index in [1.807, 2.05) is 0 Å². The molecule has 1 fully saturated rings. The minimum absolute atomic E-state index is 0.0319. The maximum absolute atomic E-state index is 13.0. The standard InChI is InChI=1S/C18H19F2NO3S/c19-15-3-1-14(2-4-15)11-18(13-22)9-10-21(12-18)25(23,24)17-7-5-16(20)6-8-17/h1-8,22H,9-13H2. The van der Waals surface area contributed by atoms with Crippen LogP contribution in [0.1, 0.15) is 12.0 Å². The maximum atomic E-state index is 13.0. The van der Waals surface area contributed by atoms with E-state index in [2.05, 4.69) is 0 Å². The predicted molar refractivity (Wildman–Crippen MR) is 89.4 cm³/mol. The van der Waals surface area contributed by atoms with Crippen molar-refractivity contribution in [1.29, 1.82) is 0 Å². The Hall–Kier alpha value is -1.83. The molecule has 1 atom stereocenters. The van der Waals surface area contributed by atoms with Crippen molar-refractivity contribution in [3.8, 4) is 0 Å². The zero-order valence-electron chi connectivity index (χ0n) is 13.5. The fourth-order valence-corrected chi connectivity index (χ4v) is 4.77. The molecule has 2 aromatic carbocycles. The molecule has 1 unspecified atom stereocenters. The molecule has 4 nitrogen and oxygen atoms in total. The largest absolute Gasteiger partial charge is 0.396 e. The van der Waals surface area contributed by atoms with Crippen LogP contribution in [-0.4, -0.2) is 37.5 Å². The van der Waals surface area contributed by atoms with Gasteiger partial charge in [0.15, 0.2) is 0 Å². The Kier molecular flexibility index (Phi) is 4.90. The third kappa shape index (κ3) is 3.73. The van der Waals surface area contributed by atoms with Gasteiger partial charge in [-0.15, -0.1) is 0 Å². The zero-order valence-corrected chi connectivity index (χ0v) is 14.3. The fourth-order valence-electron chi connectivity index (χ4n) is 3.22. The van der Waals surface area contributed by atoms with E-state index in [0.717, 1.165) is 17.7 Å².